The number of esters is 1. The molecule has 14 heavy (non-hydrogen) atoms. The van der Waals surface area contributed by atoms with Gasteiger partial charge in [-0.05, 0) is 0 Å². The highest BCUT2D eigenvalue weighted by atomic mass is 16.5. The van der Waals surface area contributed by atoms with Gasteiger partial charge in [0.2, 0.25) is 5.89 Å². The van der Waals surface area contributed by atoms with Crippen LogP contribution in [0.2, 0.25) is 0 Å². The summed E-state index contributed by atoms with van der Waals surface area (Å²) in [5.41, 5.74) is 0. The van der Waals surface area contributed by atoms with Gasteiger partial charge in [-0.1, -0.05) is 5.16 Å². The smallest absolute Gasteiger partial charge is 0.325 e. The number of rotatable bonds is 3. The first-order valence-corrected chi connectivity index (χ1v) is 3.79. The van der Waals surface area contributed by atoms with Crippen LogP contribution in [0, 0.1) is 6.92 Å². The number of hydrogen-bond acceptors (Lipinski definition) is 6. The lowest BCUT2D eigenvalue weighted by molar-refractivity contribution is -0.139. The number of nitrogens with zero attached hydrogens (tertiary/aromatic N) is 2. The third-order valence-electron chi connectivity index (χ3n) is 1.35. The lowest BCUT2D eigenvalue weighted by Gasteiger charge is -1.98. The Morgan fingerprint density at radius 3 is 2.79 bits per heavy atom. The molecule has 0 aromatic carbocycles. The SMILES string of the molecule is COC(=O)CNC(=O)c1noc(C)n1. The van der Waals surface area contributed by atoms with Crippen molar-refractivity contribution in [2.24, 2.45) is 0 Å². The quantitative estimate of drug-likeness (QED) is 0.645. The van der Waals surface area contributed by atoms with Crippen LogP contribution in [-0.4, -0.2) is 35.7 Å². The Balaban J connectivity index is 2.47. The summed E-state index contributed by atoms with van der Waals surface area (Å²) in [5, 5.41) is 5.63. The number of carbonyl (C=O) groups is 2. The van der Waals surface area contributed by atoms with E-state index in [1.165, 1.54) is 7.11 Å². The van der Waals surface area contributed by atoms with Crippen LogP contribution in [0.25, 0.3) is 0 Å². The van der Waals surface area contributed by atoms with Crippen molar-refractivity contribution in [3.63, 3.8) is 0 Å². The molecule has 7 nitrogen and oxygen atoms in total. The minimum Gasteiger partial charge on any atom is -0.468 e. The molecule has 0 saturated carbocycles. The van der Waals surface area contributed by atoms with Gasteiger partial charge in [-0.15, -0.1) is 0 Å². The minimum absolute atomic E-state index is 0.105. The Morgan fingerprint density at radius 2 is 2.29 bits per heavy atom. The largest absolute Gasteiger partial charge is 0.468 e. The molecule has 0 aliphatic rings. The van der Waals surface area contributed by atoms with Gasteiger partial charge in [-0.25, -0.2) is 0 Å². The van der Waals surface area contributed by atoms with Gasteiger partial charge < -0.3 is 14.6 Å². The van der Waals surface area contributed by atoms with Crippen molar-refractivity contribution in [1.29, 1.82) is 0 Å². The first-order chi connectivity index (χ1) is 6.63. The van der Waals surface area contributed by atoms with Crippen molar-refractivity contribution >= 4 is 11.9 Å². The van der Waals surface area contributed by atoms with Crippen LogP contribution in [0.4, 0.5) is 0 Å². The van der Waals surface area contributed by atoms with E-state index in [9.17, 15) is 9.59 Å². The Kier molecular flexibility index (Phi) is 3.16. The topological polar surface area (TPSA) is 94.3 Å². The normalized spacial score (nSPS) is 9.57. The molecule has 0 fully saturated rings. The zero-order chi connectivity index (χ0) is 10.6. The van der Waals surface area contributed by atoms with E-state index in [1.54, 1.807) is 6.92 Å². The second kappa shape index (κ2) is 4.35. The van der Waals surface area contributed by atoms with Crippen LogP contribution >= 0.6 is 0 Å². The summed E-state index contributed by atoms with van der Waals surface area (Å²) in [4.78, 5) is 25.5. The molecule has 0 saturated heterocycles. The van der Waals surface area contributed by atoms with Crippen LogP contribution in [0.15, 0.2) is 4.52 Å². The summed E-state index contributed by atoms with van der Waals surface area (Å²) in [6.45, 7) is 1.34. The molecule has 0 atom stereocenters. The monoisotopic (exact) mass is 199 g/mol. The van der Waals surface area contributed by atoms with E-state index in [1.807, 2.05) is 0 Å². The fourth-order valence-electron chi connectivity index (χ4n) is 0.695. The maximum Gasteiger partial charge on any atom is 0.325 e. The average Bonchev–Trinajstić information content (AvgIpc) is 2.60. The molecule has 0 aliphatic carbocycles. The Labute approximate surface area is 79.4 Å². The van der Waals surface area contributed by atoms with Gasteiger partial charge >= 0.3 is 5.97 Å². The molecule has 76 valence electrons. The van der Waals surface area contributed by atoms with Crippen LogP contribution in [-0.2, 0) is 9.53 Å². The molecule has 0 radical (unpaired) electrons. The molecule has 0 spiro atoms. The van der Waals surface area contributed by atoms with Crippen LogP contribution in [0.1, 0.15) is 16.5 Å². The number of carbonyl (C=O) groups excluding carboxylic acids is 2. The lowest BCUT2D eigenvalue weighted by atomic mass is 10.5. The highest BCUT2D eigenvalue weighted by Gasteiger charge is 2.13. The minimum atomic E-state index is -0.577. The highest BCUT2D eigenvalue weighted by Crippen LogP contribution is 1.93. The van der Waals surface area contributed by atoms with Gasteiger partial charge in [0.05, 0.1) is 7.11 Å². The van der Waals surface area contributed by atoms with E-state index < -0.39 is 11.9 Å². The number of ether oxygens (including phenoxy) is 1. The molecule has 1 amide bonds. The van der Waals surface area contributed by atoms with E-state index in [0.29, 0.717) is 0 Å². The first-order valence-electron chi connectivity index (χ1n) is 3.79. The molecule has 1 N–H and O–H groups in total. The van der Waals surface area contributed by atoms with Crippen LogP contribution < -0.4 is 5.32 Å². The molecule has 1 rings (SSSR count). The number of aryl methyl sites for hydroxylation is 1. The second-order valence-electron chi connectivity index (χ2n) is 2.40. The molecule has 7 heteroatoms. The van der Waals surface area contributed by atoms with Gasteiger partial charge in [-0.3, -0.25) is 9.59 Å². The standard InChI is InChI=1S/C7H9N3O4/c1-4-9-6(10-14-4)7(12)8-3-5(11)13-2/h3H2,1-2H3,(H,8,12). The van der Waals surface area contributed by atoms with Crippen LogP contribution in [0.3, 0.4) is 0 Å². The van der Waals surface area contributed by atoms with Gasteiger partial charge in [0, 0.05) is 6.92 Å². The van der Waals surface area contributed by atoms with Gasteiger partial charge in [0.15, 0.2) is 0 Å². The maximum atomic E-state index is 11.2. The van der Waals surface area contributed by atoms with Crippen LogP contribution in [0.5, 0.6) is 0 Å². The fourth-order valence-corrected chi connectivity index (χ4v) is 0.695. The summed E-state index contributed by atoms with van der Waals surface area (Å²) < 4.78 is 8.90. The van der Waals surface area contributed by atoms with Crippen molar-refractivity contribution in [3.8, 4) is 0 Å². The summed E-state index contributed by atoms with van der Waals surface area (Å²) >= 11 is 0. The predicted molar refractivity (Wildman–Crippen MR) is 43.4 cm³/mol. The highest BCUT2D eigenvalue weighted by molar-refractivity contribution is 5.92. The zero-order valence-corrected chi connectivity index (χ0v) is 7.73. The van der Waals surface area contributed by atoms with Crippen molar-refractivity contribution in [2.75, 3.05) is 13.7 Å². The summed E-state index contributed by atoms with van der Waals surface area (Å²) in [6.07, 6.45) is 0. The summed E-state index contributed by atoms with van der Waals surface area (Å²) in [6, 6.07) is 0. The number of amides is 1. The molecular weight excluding hydrogens is 190 g/mol. The molecule has 1 aromatic heterocycles. The lowest BCUT2D eigenvalue weighted by Crippen LogP contribution is -2.30. The third-order valence-corrected chi connectivity index (χ3v) is 1.35. The van der Waals surface area contributed by atoms with Gasteiger partial charge in [-0.2, -0.15) is 4.98 Å². The Morgan fingerprint density at radius 1 is 1.57 bits per heavy atom. The number of aromatic nitrogens is 2. The Hall–Kier alpha value is -1.92. The second-order valence-corrected chi connectivity index (χ2v) is 2.40. The van der Waals surface area contributed by atoms with Crippen molar-refractivity contribution < 1.29 is 18.8 Å². The number of nitrogens with one attached hydrogen (secondary N) is 1. The average molecular weight is 199 g/mol. The maximum absolute atomic E-state index is 11.2. The van der Waals surface area contributed by atoms with Gasteiger partial charge in [0.25, 0.3) is 11.7 Å². The van der Waals surface area contributed by atoms with Crippen molar-refractivity contribution in [2.45, 2.75) is 6.92 Å². The number of methoxy groups -OCH3 is 1. The predicted octanol–water partition coefficient (Wildman–Crippen LogP) is -0.719. The first kappa shape index (κ1) is 10.2. The zero-order valence-electron chi connectivity index (χ0n) is 7.73. The third kappa shape index (κ3) is 2.54. The molecule has 0 bridgehead atoms. The summed E-state index contributed by atoms with van der Waals surface area (Å²) in [5.74, 6) is -0.939. The van der Waals surface area contributed by atoms with E-state index in [2.05, 4.69) is 24.7 Å². The Bertz CT molecular complexity index is 346. The van der Waals surface area contributed by atoms with E-state index in [4.69, 9.17) is 0 Å². The molecule has 0 unspecified atom stereocenters. The molecule has 1 aromatic rings. The van der Waals surface area contributed by atoms with Crippen molar-refractivity contribution in [3.05, 3.63) is 11.7 Å². The van der Waals surface area contributed by atoms with E-state index >= 15 is 0 Å². The summed E-state index contributed by atoms with van der Waals surface area (Å²) in [7, 11) is 1.23. The molecule has 0 aliphatic heterocycles. The van der Waals surface area contributed by atoms with E-state index in [0.717, 1.165) is 0 Å². The van der Waals surface area contributed by atoms with Crippen molar-refractivity contribution in [1.82, 2.24) is 15.5 Å². The molecule has 1 heterocycles. The van der Waals surface area contributed by atoms with E-state index in [-0.39, 0.29) is 18.3 Å². The molecular formula is C7H9N3O4. The van der Waals surface area contributed by atoms with Gasteiger partial charge in [0.1, 0.15) is 6.54 Å². The number of hydrogen-bond donors (Lipinski definition) is 1. The fraction of sp³-hybridized carbons (Fsp3) is 0.429.